The third-order valence-corrected chi connectivity index (χ3v) is 6.65. The summed E-state index contributed by atoms with van der Waals surface area (Å²) < 4.78 is 0. The molecule has 0 aliphatic heterocycles. The lowest BCUT2D eigenvalue weighted by molar-refractivity contribution is -0.137. The van der Waals surface area contributed by atoms with Crippen molar-refractivity contribution in [3.05, 3.63) is 70.1 Å². The van der Waals surface area contributed by atoms with Gasteiger partial charge in [0.05, 0.1) is 5.69 Å². The molecule has 0 bridgehead atoms. The first-order chi connectivity index (χ1) is 16.0. The molecule has 0 saturated heterocycles. The predicted molar refractivity (Wildman–Crippen MR) is 138 cm³/mol. The second kappa shape index (κ2) is 13.3. The van der Waals surface area contributed by atoms with Gasteiger partial charge in [-0.2, -0.15) is 0 Å². The van der Waals surface area contributed by atoms with Crippen molar-refractivity contribution in [2.24, 2.45) is 5.73 Å². The molecule has 0 spiro atoms. The third-order valence-electron chi connectivity index (χ3n) is 5.62. The van der Waals surface area contributed by atoms with Crippen molar-refractivity contribution in [3.8, 4) is 11.3 Å². The third kappa shape index (κ3) is 8.46. The van der Waals surface area contributed by atoms with Gasteiger partial charge in [0.1, 0.15) is 6.04 Å². The van der Waals surface area contributed by atoms with Crippen molar-refractivity contribution in [1.29, 1.82) is 0 Å². The molecule has 3 rings (SSSR count). The van der Waals surface area contributed by atoms with E-state index >= 15 is 0 Å². The fraction of sp³-hybridized carbons (Fsp3) is 0.385. The minimum Gasteiger partial charge on any atom is -0.480 e. The Morgan fingerprint density at radius 3 is 2.27 bits per heavy atom. The molecule has 33 heavy (non-hydrogen) atoms. The van der Waals surface area contributed by atoms with Crippen molar-refractivity contribution in [3.63, 3.8) is 0 Å². The summed E-state index contributed by atoms with van der Waals surface area (Å²) in [5.41, 5.74) is 9.66. The number of anilines is 1. The van der Waals surface area contributed by atoms with Crippen LogP contribution in [0.25, 0.3) is 11.3 Å². The Hall–Kier alpha value is -2.41. The molecule has 3 aromatic rings. The maximum Gasteiger partial charge on any atom is 0.326 e. The smallest absolute Gasteiger partial charge is 0.326 e. The van der Waals surface area contributed by atoms with E-state index in [9.17, 15) is 9.90 Å². The number of hydrogen-bond donors (Lipinski definition) is 3. The zero-order chi connectivity index (χ0) is 23.5. The van der Waals surface area contributed by atoms with E-state index in [4.69, 9.17) is 17.3 Å². The lowest BCUT2D eigenvalue weighted by Crippen LogP contribution is -2.31. The Balaban J connectivity index is 1.51. The van der Waals surface area contributed by atoms with Gasteiger partial charge < -0.3 is 16.2 Å². The van der Waals surface area contributed by atoms with Crippen LogP contribution in [0.2, 0.25) is 5.02 Å². The number of thiazole rings is 1. The van der Waals surface area contributed by atoms with Crippen LogP contribution in [-0.4, -0.2) is 28.6 Å². The van der Waals surface area contributed by atoms with Gasteiger partial charge in [-0.1, -0.05) is 73.7 Å². The van der Waals surface area contributed by atoms with Gasteiger partial charge in [0.25, 0.3) is 0 Å². The second-order valence-electron chi connectivity index (χ2n) is 8.26. The highest BCUT2D eigenvalue weighted by Gasteiger charge is 2.19. The van der Waals surface area contributed by atoms with Crippen LogP contribution in [0.4, 0.5) is 5.13 Å². The first kappa shape index (κ1) is 25.2. The minimum atomic E-state index is -0.912. The molecule has 1 atom stereocenters. The number of nitrogens with two attached hydrogens (primary N) is 1. The fourth-order valence-electron chi connectivity index (χ4n) is 3.70. The molecule has 5 nitrogen and oxygen atoms in total. The van der Waals surface area contributed by atoms with Gasteiger partial charge in [-0.05, 0) is 49.1 Å². The number of aliphatic carboxylic acids is 1. The number of halogens is 1. The summed E-state index contributed by atoms with van der Waals surface area (Å²) >= 11 is 7.34. The average molecular weight is 486 g/mol. The molecular formula is C26H32ClN3O2S. The number of aryl methyl sites for hydroxylation is 1. The van der Waals surface area contributed by atoms with Gasteiger partial charge >= 0.3 is 5.97 Å². The molecule has 0 radical (unpaired) electrons. The normalized spacial score (nSPS) is 11.9. The summed E-state index contributed by atoms with van der Waals surface area (Å²) in [7, 11) is 0. The molecular weight excluding hydrogens is 454 g/mol. The van der Waals surface area contributed by atoms with Crippen LogP contribution in [0.5, 0.6) is 0 Å². The SMILES string of the molecule is NCCCCCCCCc1ccc(-c2csc(NC(Cc3ccc(Cl)cc3)C(=O)O)n2)cc1. The van der Waals surface area contributed by atoms with E-state index in [-0.39, 0.29) is 0 Å². The van der Waals surface area contributed by atoms with E-state index < -0.39 is 12.0 Å². The van der Waals surface area contributed by atoms with Gasteiger partial charge in [0.2, 0.25) is 0 Å². The summed E-state index contributed by atoms with van der Waals surface area (Å²) in [6.07, 6.45) is 8.83. The first-order valence-electron chi connectivity index (χ1n) is 11.5. The van der Waals surface area contributed by atoms with Crippen LogP contribution in [0.15, 0.2) is 53.9 Å². The minimum absolute atomic E-state index is 0.350. The van der Waals surface area contributed by atoms with E-state index in [0.717, 1.165) is 36.2 Å². The molecule has 0 saturated carbocycles. The Morgan fingerprint density at radius 1 is 0.970 bits per heavy atom. The van der Waals surface area contributed by atoms with E-state index in [1.165, 1.54) is 49.0 Å². The summed E-state index contributed by atoms with van der Waals surface area (Å²) in [6, 6.07) is 15.0. The maximum absolute atomic E-state index is 11.7. The highest BCUT2D eigenvalue weighted by Crippen LogP contribution is 2.26. The first-order valence-corrected chi connectivity index (χ1v) is 12.8. The molecule has 4 N–H and O–H groups in total. The van der Waals surface area contributed by atoms with Crippen LogP contribution in [-0.2, 0) is 17.6 Å². The van der Waals surface area contributed by atoms with E-state index in [2.05, 4.69) is 34.6 Å². The van der Waals surface area contributed by atoms with Gasteiger partial charge in [0, 0.05) is 22.4 Å². The van der Waals surface area contributed by atoms with Crippen LogP contribution in [0, 0.1) is 0 Å². The predicted octanol–water partition coefficient (Wildman–Crippen LogP) is 6.41. The summed E-state index contributed by atoms with van der Waals surface area (Å²) in [4.78, 5) is 16.4. The highest BCUT2D eigenvalue weighted by molar-refractivity contribution is 7.14. The largest absolute Gasteiger partial charge is 0.480 e. The Bertz CT molecular complexity index is 990. The van der Waals surface area contributed by atoms with Gasteiger partial charge in [0.15, 0.2) is 5.13 Å². The zero-order valence-electron chi connectivity index (χ0n) is 18.8. The molecule has 2 aromatic carbocycles. The zero-order valence-corrected chi connectivity index (χ0v) is 20.4. The average Bonchev–Trinajstić information content (AvgIpc) is 3.28. The topological polar surface area (TPSA) is 88.2 Å². The van der Waals surface area contributed by atoms with Gasteiger partial charge in [-0.15, -0.1) is 11.3 Å². The van der Waals surface area contributed by atoms with Crippen LogP contribution >= 0.6 is 22.9 Å². The van der Waals surface area contributed by atoms with Crippen molar-refractivity contribution < 1.29 is 9.90 Å². The van der Waals surface area contributed by atoms with Crippen molar-refractivity contribution in [2.75, 3.05) is 11.9 Å². The number of nitrogens with one attached hydrogen (secondary N) is 1. The van der Waals surface area contributed by atoms with Gasteiger partial charge in [-0.3, -0.25) is 0 Å². The lowest BCUT2D eigenvalue weighted by Gasteiger charge is -2.13. The molecule has 0 fully saturated rings. The summed E-state index contributed by atoms with van der Waals surface area (Å²) in [5, 5.41) is 15.9. The number of benzene rings is 2. The number of rotatable bonds is 14. The second-order valence-corrected chi connectivity index (χ2v) is 9.56. The maximum atomic E-state index is 11.7. The summed E-state index contributed by atoms with van der Waals surface area (Å²) in [6.45, 7) is 0.798. The number of nitrogens with zero attached hydrogens (tertiary/aromatic N) is 1. The van der Waals surface area contributed by atoms with Crippen LogP contribution in [0.1, 0.15) is 49.7 Å². The Labute approximate surface area is 205 Å². The monoisotopic (exact) mass is 485 g/mol. The number of unbranched alkanes of at least 4 members (excludes halogenated alkanes) is 5. The molecule has 176 valence electrons. The van der Waals surface area contributed by atoms with Crippen LogP contribution in [0.3, 0.4) is 0 Å². The van der Waals surface area contributed by atoms with E-state index in [1.807, 2.05) is 17.5 Å². The fourth-order valence-corrected chi connectivity index (χ4v) is 4.60. The van der Waals surface area contributed by atoms with Crippen molar-refractivity contribution >= 4 is 34.0 Å². The van der Waals surface area contributed by atoms with Crippen molar-refractivity contribution in [1.82, 2.24) is 4.98 Å². The molecule has 1 unspecified atom stereocenters. The Kier molecular flexibility index (Phi) is 10.2. The molecule has 0 aliphatic carbocycles. The number of carboxylic acid groups (broad SMARTS) is 1. The van der Waals surface area contributed by atoms with Crippen LogP contribution < -0.4 is 11.1 Å². The number of carbonyl (C=O) groups is 1. The van der Waals surface area contributed by atoms with Gasteiger partial charge in [-0.25, -0.2) is 9.78 Å². The standard InChI is InChI=1S/C26H32ClN3O2S/c27-22-14-10-20(11-15-22)17-23(25(31)32)29-26-30-24(18-33-26)21-12-8-19(9-13-21)7-5-3-1-2-4-6-16-28/h8-15,18,23H,1-7,16-17,28H2,(H,29,30)(H,31,32). The number of carboxylic acids is 1. The summed E-state index contributed by atoms with van der Waals surface area (Å²) in [5.74, 6) is -0.912. The quantitative estimate of drug-likeness (QED) is 0.229. The molecule has 7 heteroatoms. The molecule has 0 amide bonds. The molecule has 0 aliphatic rings. The van der Waals surface area contributed by atoms with Crippen molar-refractivity contribution in [2.45, 2.75) is 57.4 Å². The van der Waals surface area contributed by atoms with E-state index in [0.29, 0.717) is 16.6 Å². The molecule has 1 aromatic heterocycles. The Morgan fingerprint density at radius 2 is 1.61 bits per heavy atom. The highest BCUT2D eigenvalue weighted by atomic mass is 35.5. The number of hydrogen-bond acceptors (Lipinski definition) is 5. The van der Waals surface area contributed by atoms with E-state index in [1.54, 1.807) is 12.1 Å². The lowest BCUT2D eigenvalue weighted by atomic mass is 10.0. The molecule has 1 heterocycles. The number of aromatic nitrogens is 1.